The quantitative estimate of drug-likeness (QED) is 0.753. The van der Waals surface area contributed by atoms with Crippen LogP contribution in [-0.4, -0.2) is 15.6 Å². The molecule has 2 N–H and O–H groups in total. The molecule has 25 heavy (non-hydrogen) atoms. The van der Waals surface area contributed by atoms with Gasteiger partial charge in [0.15, 0.2) is 0 Å². The summed E-state index contributed by atoms with van der Waals surface area (Å²) < 4.78 is 1.99. The molecule has 0 fully saturated rings. The van der Waals surface area contributed by atoms with E-state index in [-0.39, 0.29) is 6.03 Å². The van der Waals surface area contributed by atoms with Crippen LogP contribution in [-0.2, 0) is 13.1 Å². The Morgan fingerprint density at radius 1 is 1.16 bits per heavy atom. The van der Waals surface area contributed by atoms with Crippen molar-refractivity contribution in [3.05, 3.63) is 83.9 Å². The summed E-state index contributed by atoms with van der Waals surface area (Å²) in [5.74, 6) is 0.768. The van der Waals surface area contributed by atoms with Crippen LogP contribution in [0.5, 0.6) is 0 Å². The van der Waals surface area contributed by atoms with Gasteiger partial charge in [0.2, 0.25) is 0 Å². The molecule has 6 heteroatoms. The van der Waals surface area contributed by atoms with Gasteiger partial charge in [0, 0.05) is 24.6 Å². The number of aromatic nitrogens is 2. The van der Waals surface area contributed by atoms with E-state index in [1.165, 1.54) is 5.56 Å². The Labute approximate surface area is 145 Å². The fraction of sp³-hybridized carbons (Fsp3) is 0.105. The molecule has 3 rings (SSSR count). The van der Waals surface area contributed by atoms with E-state index in [0.717, 1.165) is 5.82 Å². The number of carbonyl (C=O) groups is 1. The maximum atomic E-state index is 12.0. The predicted octanol–water partition coefficient (Wildman–Crippen LogP) is 3.12. The van der Waals surface area contributed by atoms with Gasteiger partial charge in [0.25, 0.3) is 0 Å². The average molecular weight is 331 g/mol. The molecule has 0 saturated carbocycles. The Morgan fingerprint density at radius 2 is 2.00 bits per heavy atom. The minimum Gasteiger partial charge on any atom is -0.331 e. The van der Waals surface area contributed by atoms with E-state index in [0.29, 0.717) is 24.3 Å². The van der Waals surface area contributed by atoms with Crippen LogP contribution in [0.1, 0.15) is 17.0 Å². The molecule has 0 unspecified atom stereocenters. The summed E-state index contributed by atoms with van der Waals surface area (Å²) in [6.45, 7) is 1.01. The summed E-state index contributed by atoms with van der Waals surface area (Å²) in [5, 5.41) is 14.4. The Morgan fingerprint density at radius 3 is 2.80 bits per heavy atom. The molecular weight excluding hydrogens is 314 g/mol. The number of hydrogen-bond acceptors (Lipinski definition) is 3. The van der Waals surface area contributed by atoms with Crippen molar-refractivity contribution in [2.45, 2.75) is 13.1 Å². The van der Waals surface area contributed by atoms with E-state index >= 15 is 0 Å². The van der Waals surface area contributed by atoms with Gasteiger partial charge in [-0.25, -0.2) is 9.78 Å². The van der Waals surface area contributed by atoms with Crippen LogP contribution in [0.2, 0.25) is 0 Å². The molecule has 0 radical (unpaired) electrons. The highest BCUT2D eigenvalue weighted by atomic mass is 16.2. The zero-order chi connectivity index (χ0) is 17.5. The minimum absolute atomic E-state index is 0.309. The van der Waals surface area contributed by atoms with Gasteiger partial charge in [-0.05, 0) is 23.8 Å². The number of carbonyl (C=O) groups excluding carboxylic acids is 1. The van der Waals surface area contributed by atoms with Gasteiger partial charge in [0.1, 0.15) is 5.82 Å². The van der Waals surface area contributed by atoms with Crippen molar-refractivity contribution >= 4 is 11.7 Å². The van der Waals surface area contributed by atoms with Crippen LogP contribution >= 0.6 is 0 Å². The SMILES string of the molecule is N#Cc1cccc(NC(=O)NCc2nccn2Cc2ccccc2)c1. The summed E-state index contributed by atoms with van der Waals surface area (Å²) in [7, 11) is 0. The van der Waals surface area contributed by atoms with Crippen molar-refractivity contribution in [1.29, 1.82) is 5.26 Å². The topological polar surface area (TPSA) is 82.7 Å². The van der Waals surface area contributed by atoms with E-state index in [9.17, 15) is 4.79 Å². The molecule has 3 aromatic rings. The molecule has 0 aliphatic heterocycles. The molecular formula is C19H17N5O. The first-order chi connectivity index (χ1) is 12.2. The molecule has 2 aromatic carbocycles. The molecule has 0 bridgehead atoms. The highest BCUT2D eigenvalue weighted by molar-refractivity contribution is 5.89. The second kappa shape index (κ2) is 7.79. The maximum Gasteiger partial charge on any atom is 0.319 e. The Hall–Kier alpha value is -3.59. The standard InChI is InChI=1S/C19H17N5O/c20-12-16-7-4-8-17(11-16)23-19(25)22-13-18-21-9-10-24(18)14-15-5-2-1-3-6-15/h1-11H,13-14H2,(H2,22,23,25). The lowest BCUT2D eigenvalue weighted by Crippen LogP contribution is -2.29. The molecule has 0 saturated heterocycles. The molecule has 2 amide bonds. The average Bonchev–Trinajstić information content (AvgIpc) is 3.08. The number of amides is 2. The fourth-order valence-corrected chi connectivity index (χ4v) is 2.43. The smallest absolute Gasteiger partial charge is 0.319 e. The van der Waals surface area contributed by atoms with E-state index in [4.69, 9.17) is 5.26 Å². The van der Waals surface area contributed by atoms with E-state index < -0.39 is 0 Å². The summed E-state index contributed by atoms with van der Waals surface area (Å²) in [4.78, 5) is 16.3. The zero-order valence-corrected chi connectivity index (χ0v) is 13.5. The van der Waals surface area contributed by atoms with Crippen molar-refractivity contribution in [3.63, 3.8) is 0 Å². The highest BCUT2D eigenvalue weighted by Gasteiger charge is 2.07. The lowest BCUT2D eigenvalue weighted by Gasteiger charge is -2.10. The van der Waals surface area contributed by atoms with Gasteiger partial charge >= 0.3 is 6.03 Å². The van der Waals surface area contributed by atoms with Crippen LogP contribution in [0.25, 0.3) is 0 Å². The van der Waals surface area contributed by atoms with Crippen molar-refractivity contribution in [2.75, 3.05) is 5.32 Å². The number of nitrogens with one attached hydrogen (secondary N) is 2. The zero-order valence-electron chi connectivity index (χ0n) is 13.5. The molecule has 0 aliphatic carbocycles. The first kappa shape index (κ1) is 16.3. The Kier molecular flexibility index (Phi) is 5.07. The van der Waals surface area contributed by atoms with Gasteiger partial charge in [-0.2, -0.15) is 5.26 Å². The molecule has 0 spiro atoms. The number of benzene rings is 2. The van der Waals surface area contributed by atoms with E-state index in [2.05, 4.69) is 15.6 Å². The van der Waals surface area contributed by atoms with Crippen molar-refractivity contribution in [1.82, 2.24) is 14.9 Å². The lowest BCUT2D eigenvalue weighted by molar-refractivity contribution is 0.251. The van der Waals surface area contributed by atoms with Crippen LogP contribution < -0.4 is 10.6 Å². The van der Waals surface area contributed by atoms with Gasteiger partial charge in [0.05, 0.1) is 18.2 Å². The second-order valence-corrected chi connectivity index (χ2v) is 5.46. The summed E-state index contributed by atoms with van der Waals surface area (Å²) >= 11 is 0. The molecule has 1 aromatic heterocycles. The maximum absolute atomic E-state index is 12.0. The largest absolute Gasteiger partial charge is 0.331 e. The van der Waals surface area contributed by atoms with Gasteiger partial charge < -0.3 is 15.2 Å². The Balaban J connectivity index is 1.58. The van der Waals surface area contributed by atoms with Crippen LogP contribution in [0.3, 0.4) is 0 Å². The number of urea groups is 1. The number of nitrogens with zero attached hydrogens (tertiary/aromatic N) is 3. The van der Waals surface area contributed by atoms with E-state index in [1.54, 1.807) is 30.5 Å². The van der Waals surface area contributed by atoms with Gasteiger partial charge in [-0.15, -0.1) is 0 Å². The summed E-state index contributed by atoms with van der Waals surface area (Å²) in [6, 6.07) is 18.5. The third kappa shape index (κ3) is 4.45. The summed E-state index contributed by atoms with van der Waals surface area (Å²) in [6.07, 6.45) is 3.60. The third-order valence-electron chi connectivity index (χ3n) is 3.65. The number of rotatable bonds is 5. The van der Waals surface area contributed by atoms with Crippen molar-refractivity contribution in [3.8, 4) is 6.07 Å². The van der Waals surface area contributed by atoms with Crippen LogP contribution in [0.15, 0.2) is 67.0 Å². The van der Waals surface area contributed by atoms with Crippen LogP contribution in [0, 0.1) is 11.3 Å². The van der Waals surface area contributed by atoms with Crippen LogP contribution in [0.4, 0.5) is 10.5 Å². The van der Waals surface area contributed by atoms with Gasteiger partial charge in [-0.3, -0.25) is 0 Å². The number of nitriles is 1. The molecule has 0 atom stereocenters. The third-order valence-corrected chi connectivity index (χ3v) is 3.65. The predicted molar refractivity (Wildman–Crippen MR) is 94.8 cm³/mol. The number of anilines is 1. The monoisotopic (exact) mass is 331 g/mol. The minimum atomic E-state index is -0.343. The van der Waals surface area contributed by atoms with Crippen molar-refractivity contribution < 1.29 is 4.79 Å². The molecule has 1 heterocycles. The summed E-state index contributed by atoms with van der Waals surface area (Å²) in [5.41, 5.74) is 2.24. The number of hydrogen-bond donors (Lipinski definition) is 2. The molecule has 0 aliphatic rings. The molecule has 124 valence electrons. The van der Waals surface area contributed by atoms with Crippen molar-refractivity contribution in [2.24, 2.45) is 0 Å². The fourth-order valence-electron chi connectivity index (χ4n) is 2.43. The molecule has 6 nitrogen and oxygen atoms in total. The second-order valence-electron chi connectivity index (χ2n) is 5.46. The van der Waals surface area contributed by atoms with Gasteiger partial charge in [-0.1, -0.05) is 36.4 Å². The first-order valence-electron chi connectivity index (χ1n) is 7.83. The first-order valence-corrected chi connectivity index (χ1v) is 7.83. The number of imidazole rings is 1. The Bertz CT molecular complexity index is 895. The lowest BCUT2D eigenvalue weighted by atomic mass is 10.2. The normalized spacial score (nSPS) is 10.0. The highest BCUT2D eigenvalue weighted by Crippen LogP contribution is 2.10. The van der Waals surface area contributed by atoms with E-state index in [1.807, 2.05) is 47.2 Å².